The molecule has 2 fully saturated rings. The molecular weight excluding hydrogens is 331 g/mol. The molecule has 0 bridgehead atoms. The average Bonchev–Trinajstić information content (AvgIpc) is 3.05. The van der Waals surface area contributed by atoms with Crippen LogP contribution in [0.5, 0.6) is 0 Å². The van der Waals surface area contributed by atoms with Gasteiger partial charge in [-0.05, 0) is 48.9 Å². The van der Waals surface area contributed by atoms with Crippen LogP contribution in [0.25, 0.3) is 0 Å². The molecule has 5 nitrogen and oxygen atoms in total. The van der Waals surface area contributed by atoms with Gasteiger partial charge in [-0.3, -0.25) is 9.88 Å². The summed E-state index contributed by atoms with van der Waals surface area (Å²) in [5.74, 6) is 1.86. The summed E-state index contributed by atoms with van der Waals surface area (Å²) in [5.41, 5.74) is 0.539. The molecule has 0 aromatic carbocycles. The van der Waals surface area contributed by atoms with Crippen molar-refractivity contribution in [2.75, 3.05) is 25.5 Å². The van der Waals surface area contributed by atoms with Crippen molar-refractivity contribution in [2.24, 2.45) is 11.8 Å². The van der Waals surface area contributed by atoms with Gasteiger partial charge in [0.1, 0.15) is 11.6 Å². The number of rotatable bonds is 5. The van der Waals surface area contributed by atoms with Crippen LogP contribution in [0.1, 0.15) is 18.5 Å². The molecule has 1 aliphatic carbocycles. The van der Waals surface area contributed by atoms with E-state index in [0.29, 0.717) is 24.1 Å². The van der Waals surface area contributed by atoms with Gasteiger partial charge in [-0.1, -0.05) is 6.07 Å². The summed E-state index contributed by atoms with van der Waals surface area (Å²) in [5, 5.41) is 3.54. The molecule has 6 heteroatoms. The summed E-state index contributed by atoms with van der Waals surface area (Å²) in [6.07, 6.45) is 5.70. The molecule has 2 aromatic heterocycles. The summed E-state index contributed by atoms with van der Waals surface area (Å²) in [6.45, 7) is 2.55. The van der Waals surface area contributed by atoms with Crippen LogP contribution in [-0.4, -0.2) is 47.2 Å². The standard InChI is InChI=1S/C20H25FN4O/c1-26-19-10-15-12-25(13-18-16(21)5-4-8-22-18)11-14(15)9-17(19)24-20-6-2-3-7-23-20/h2-8,14-15,17,19H,9-13H2,1H3,(H,23,24)/t14-,15+,17-,19-/m1/s1. The Hall–Kier alpha value is -2.05. The minimum absolute atomic E-state index is 0.171. The zero-order valence-corrected chi connectivity index (χ0v) is 15.0. The highest BCUT2D eigenvalue weighted by Crippen LogP contribution is 2.38. The van der Waals surface area contributed by atoms with Crippen LogP contribution in [0.3, 0.4) is 0 Å². The Bertz CT molecular complexity index is 729. The van der Waals surface area contributed by atoms with E-state index in [1.54, 1.807) is 25.6 Å². The Morgan fingerprint density at radius 1 is 1.12 bits per heavy atom. The predicted molar refractivity (Wildman–Crippen MR) is 98.1 cm³/mol. The van der Waals surface area contributed by atoms with Crippen molar-refractivity contribution in [3.05, 3.63) is 54.2 Å². The lowest BCUT2D eigenvalue weighted by molar-refractivity contribution is 0.0304. The summed E-state index contributed by atoms with van der Waals surface area (Å²) in [7, 11) is 1.79. The zero-order valence-electron chi connectivity index (χ0n) is 15.0. The van der Waals surface area contributed by atoms with E-state index in [1.165, 1.54) is 6.07 Å². The first kappa shape index (κ1) is 17.4. The fourth-order valence-corrected chi connectivity index (χ4v) is 4.44. The smallest absolute Gasteiger partial charge is 0.146 e. The number of nitrogens with zero attached hydrogens (tertiary/aromatic N) is 3. The second-order valence-corrected chi connectivity index (χ2v) is 7.36. The van der Waals surface area contributed by atoms with E-state index in [-0.39, 0.29) is 18.0 Å². The first-order valence-corrected chi connectivity index (χ1v) is 9.25. The number of fused-ring (bicyclic) bond motifs is 1. The number of nitrogens with one attached hydrogen (secondary N) is 1. The van der Waals surface area contributed by atoms with E-state index in [9.17, 15) is 4.39 Å². The highest BCUT2D eigenvalue weighted by Gasteiger charge is 2.42. The predicted octanol–water partition coefficient (Wildman–Crippen LogP) is 2.95. The van der Waals surface area contributed by atoms with Gasteiger partial charge >= 0.3 is 0 Å². The summed E-state index contributed by atoms with van der Waals surface area (Å²) >= 11 is 0. The van der Waals surface area contributed by atoms with E-state index in [1.807, 2.05) is 18.2 Å². The van der Waals surface area contributed by atoms with E-state index in [4.69, 9.17) is 4.74 Å². The summed E-state index contributed by atoms with van der Waals surface area (Å²) in [4.78, 5) is 10.9. The molecule has 1 saturated carbocycles. The molecule has 4 atom stereocenters. The van der Waals surface area contributed by atoms with Crippen molar-refractivity contribution in [1.29, 1.82) is 0 Å². The molecule has 4 rings (SSSR count). The van der Waals surface area contributed by atoms with Gasteiger partial charge in [0.05, 0.1) is 17.8 Å². The van der Waals surface area contributed by atoms with Crippen molar-refractivity contribution < 1.29 is 9.13 Å². The first-order valence-electron chi connectivity index (χ1n) is 9.25. The molecule has 26 heavy (non-hydrogen) atoms. The number of hydrogen-bond acceptors (Lipinski definition) is 5. The third-order valence-corrected chi connectivity index (χ3v) is 5.70. The zero-order chi connectivity index (χ0) is 17.9. The maximum atomic E-state index is 13.9. The second-order valence-electron chi connectivity index (χ2n) is 7.36. The van der Waals surface area contributed by atoms with Gasteiger partial charge in [0.2, 0.25) is 0 Å². The quantitative estimate of drug-likeness (QED) is 0.893. The number of likely N-dealkylation sites (tertiary alicyclic amines) is 1. The fourth-order valence-electron chi connectivity index (χ4n) is 4.44. The van der Waals surface area contributed by atoms with Crippen molar-refractivity contribution >= 4 is 5.82 Å². The molecule has 1 saturated heterocycles. The van der Waals surface area contributed by atoms with Crippen molar-refractivity contribution in [1.82, 2.24) is 14.9 Å². The molecule has 0 amide bonds. The average molecular weight is 356 g/mol. The summed E-state index contributed by atoms with van der Waals surface area (Å²) < 4.78 is 19.7. The number of anilines is 1. The van der Waals surface area contributed by atoms with Crippen LogP contribution < -0.4 is 5.32 Å². The maximum Gasteiger partial charge on any atom is 0.146 e. The lowest BCUT2D eigenvalue weighted by atomic mass is 9.77. The van der Waals surface area contributed by atoms with Gasteiger partial charge in [0, 0.05) is 39.1 Å². The highest BCUT2D eigenvalue weighted by atomic mass is 19.1. The van der Waals surface area contributed by atoms with Gasteiger partial charge < -0.3 is 10.1 Å². The minimum atomic E-state index is -0.216. The van der Waals surface area contributed by atoms with Crippen LogP contribution in [0.2, 0.25) is 0 Å². The molecule has 138 valence electrons. The first-order chi connectivity index (χ1) is 12.7. The molecule has 0 radical (unpaired) electrons. The Balaban J connectivity index is 1.41. The second kappa shape index (κ2) is 7.68. The van der Waals surface area contributed by atoms with Crippen molar-refractivity contribution in [3.8, 4) is 0 Å². The summed E-state index contributed by atoms with van der Waals surface area (Å²) in [6, 6.07) is 9.27. The Kier molecular flexibility index (Phi) is 5.13. The van der Waals surface area contributed by atoms with E-state index < -0.39 is 0 Å². The Morgan fingerprint density at radius 3 is 2.65 bits per heavy atom. The number of pyridine rings is 2. The Labute approximate surface area is 153 Å². The molecule has 2 aliphatic rings. The monoisotopic (exact) mass is 356 g/mol. The van der Waals surface area contributed by atoms with E-state index in [0.717, 1.165) is 31.7 Å². The van der Waals surface area contributed by atoms with Gasteiger partial charge in [0.25, 0.3) is 0 Å². The Morgan fingerprint density at radius 2 is 1.92 bits per heavy atom. The number of ether oxygens (including phenoxy) is 1. The molecule has 2 aromatic rings. The number of aromatic nitrogens is 2. The van der Waals surface area contributed by atoms with Gasteiger partial charge in [0.15, 0.2) is 0 Å². The molecule has 1 N–H and O–H groups in total. The molecule has 0 unspecified atom stereocenters. The maximum absolute atomic E-state index is 13.9. The van der Waals surface area contributed by atoms with E-state index >= 15 is 0 Å². The van der Waals surface area contributed by atoms with Crippen molar-refractivity contribution in [3.63, 3.8) is 0 Å². The van der Waals surface area contributed by atoms with Crippen LogP contribution in [0.4, 0.5) is 10.2 Å². The molecular formula is C20H25FN4O. The lowest BCUT2D eigenvalue weighted by Gasteiger charge is -2.37. The van der Waals surface area contributed by atoms with Crippen LogP contribution >= 0.6 is 0 Å². The van der Waals surface area contributed by atoms with Gasteiger partial charge in [-0.15, -0.1) is 0 Å². The third-order valence-electron chi connectivity index (χ3n) is 5.70. The van der Waals surface area contributed by atoms with Crippen molar-refractivity contribution in [2.45, 2.75) is 31.5 Å². The largest absolute Gasteiger partial charge is 0.379 e. The fraction of sp³-hybridized carbons (Fsp3) is 0.500. The topological polar surface area (TPSA) is 50.3 Å². The molecule has 0 spiro atoms. The molecule has 3 heterocycles. The normalized spacial score (nSPS) is 28.7. The highest BCUT2D eigenvalue weighted by molar-refractivity contribution is 5.35. The van der Waals surface area contributed by atoms with Gasteiger partial charge in [-0.2, -0.15) is 0 Å². The van der Waals surface area contributed by atoms with E-state index in [2.05, 4.69) is 20.2 Å². The van der Waals surface area contributed by atoms with Crippen LogP contribution in [0.15, 0.2) is 42.7 Å². The minimum Gasteiger partial charge on any atom is -0.379 e. The van der Waals surface area contributed by atoms with Crippen LogP contribution in [-0.2, 0) is 11.3 Å². The number of methoxy groups -OCH3 is 1. The molecule has 1 aliphatic heterocycles. The van der Waals surface area contributed by atoms with Gasteiger partial charge in [-0.25, -0.2) is 9.37 Å². The van der Waals surface area contributed by atoms with Crippen LogP contribution in [0, 0.1) is 17.7 Å². The lowest BCUT2D eigenvalue weighted by Crippen LogP contribution is -2.44. The number of halogens is 1. The number of hydrogen-bond donors (Lipinski definition) is 1. The third kappa shape index (κ3) is 3.71. The SMILES string of the molecule is CO[C@@H]1C[C@H]2CN(Cc3ncccc3F)C[C@H]2C[C@H]1Nc1ccccn1.